The average molecular weight is 439 g/mol. The maximum Gasteiger partial charge on any atom is 0.573 e. The van der Waals surface area contributed by atoms with Crippen LogP contribution in [0.25, 0.3) is 10.6 Å². The Morgan fingerprint density at radius 2 is 1.93 bits per heavy atom. The second-order valence-electron chi connectivity index (χ2n) is 5.69. The normalized spacial score (nSPS) is 11.0. The van der Waals surface area contributed by atoms with Crippen LogP contribution >= 0.6 is 11.3 Å². The number of carbonyl (C=O) groups is 2. The molecule has 13 heteroatoms. The van der Waals surface area contributed by atoms with Crippen molar-refractivity contribution in [3.05, 3.63) is 58.4 Å². The van der Waals surface area contributed by atoms with Crippen LogP contribution in [-0.2, 0) is 11.3 Å². The molecule has 1 aromatic carbocycles. The van der Waals surface area contributed by atoms with Crippen LogP contribution in [0.15, 0.2) is 53.9 Å². The van der Waals surface area contributed by atoms with E-state index in [1.165, 1.54) is 35.1 Å². The van der Waals surface area contributed by atoms with Crippen LogP contribution in [0.5, 0.6) is 5.75 Å². The van der Waals surface area contributed by atoms with E-state index >= 15 is 0 Å². The van der Waals surface area contributed by atoms with Gasteiger partial charge in [0.2, 0.25) is 5.91 Å². The van der Waals surface area contributed by atoms with Gasteiger partial charge in [0.25, 0.3) is 5.91 Å². The van der Waals surface area contributed by atoms with Crippen LogP contribution in [0.3, 0.4) is 0 Å². The Bertz CT molecular complexity index is 1080. The number of hydrogen-bond donors (Lipinski definition) is 2. The molecule has 0 aliphatic carbocycles. The van der Waals surface area contributed by atoms with Crippen molar-refractivity contribution in [3.63, 3.8) is 0 Å². The van der Waals surface area contributed by atoms with E-state index in [0.717, 1.165) is 17.4 Å². The molecule has 0 atom stereocenters. The summed E-state index contributed by atoms with van der Waals surface area (Å²) in [6.07, 6.45) is -3.39. The highest BCUT2D eigenvalue weighted by atomic mass is 32.1. The lowest BCUT2D eigenvalue weighted by Crippen LogP contribution is -2.22. The van der Waals surface area contributed by atoms with Gasteiger partial charge in [0, 0.05) is 6.20 Å². The number of aromatic nitrogens is 2. The minimum absolute atomic E-state index is 0.134. The second kappa shape index (κ2) is 8.73. The quantitative estimate of drug-likeness (QED) is 0.432. The molecule has 2 aromatic heterocycles. The molecule has 2 heterocycles. The van der Waals surface area contributed by atoms with Gasteiger partial charge in [0.15, 0.2) is 5.75 Å². The Morgan fingerprint density at radius 3 is 2.67 bits per heavy atom. The van der Waals surface area contributed by atoms with E-state index in [0.29, 0.717) is 10.6 Å². The van der Waals surface area contributed by atoms with Crippen molar-refractivity contribution in [3.8, 4) is 16.3 Å². The van der Waals surface area contributed by atoms with Crippen molar-refractivity contribution in [2.75, 3.05) is 5.32 Å². The Labute approximate surface area is 170 Å². The molecule has 9 nitrogen and oxygen atoms in total. The van der Waals surface area contributed by atoms with Gasteiger partial charge in [-0.05, 0) is 30.3 Å². The number of thiophene rings is 1. The van der Waals surface area contributed by atoms with Crippen LogP contribution in [0.1, 0.15) is 9.67 Å². The molecule has 0 aliphatic rings. The number of amides is 2. The van der Waals surface area contributed by atoms with Crippen LogP contribution in [0, 0.1) is 4.91 Å². The summed E-state index contributed by atoms with van der Waals surface area (Å²) in [5, 5.41) is 8.86. The van der Waals surface area contributed by atoms with Crippen molar-refractivity contribution < 1.29 is 27.5 Å². The summed E-state index contributed by atoms with van der Waals surface area (Å²) < 4.78 is 42.6. The topological polar surface area (TPSA) is 115 Å². The number of halogens is 3. The zero-order chi connectivity index (χ0) is 21.7. The van der Waals surface area contributed by atoms with Gasteiger partial charge in [-0.1, -0.05) is 12.1 Å². The molecule has 3 rings (SSSR count). The first-order valence-electron chi connectivity index (χ1n) is 8.16. The summed E-state index contributed by atoms with van der Waals surface area (Å²) in [5.74, 6) is -1.81. The number of nitrogens with one attached hydrogen (secondary N) is 2. The number of rotatable bonds is 7. The summed E-state index contributed by atoms with van der Waals surface area (Å²) in [5.41, 5.74) is 2.11. The van der Waals surface area contributed by atoms with E-state index in [4.69, 9.17) is 0 Å². The van der Waals surface area contributed by atoms with E-state index in [2.05, 4.69) is 20.4 Å². The van der Waals surface area contributed by atoms with Gasteiger partial charge in [-0.2, -0.15) is 5.10 Å². The molecular formula is C17H12F3N5O4S. The Hall–Kier alpha value is -3.74. The average Bonchev–Trinajstić information content (AvgIpc) is 3.32. The first-order valence-corrected chi connectivity index (χ1v) is 8.98. The molecule has 156 valence electrons. The lowest BCUT2D eigenvalue weighted by atomic mass is 10.3. The van der Waals surface area contributed by atoms with E-state index < -0.39 is 23.9 Å². The molecule has 0 spiro atoms. The fourth-order valence-electron chi connectivity index (χ4n) is 2.40. The van der Waals surface area contributed by atoms with Gasteiger partial charge in [-0.15, -0.1) is 29.4 Å². The van der Waals surface area contributed by atoms with Crippen molar-refractivity contribution >= 4 is 28.8 Å². The monoisotopic (exact) mass is 439 g/mol. The number of nitrogens with zero attached hydrogens (tertiary/aromatic N) is 3. The molecule has 0 aliphatic heterocycles. The van der Waals surface area contributed by atoms with Crippen LogP contribution in [0.2, 0.25) is 0 Å². The summed E-state index contributed by atoms with van der Waals surface area (Å²) in [4.78, 5) is 34.7. The molecule has 0 unspecified atom stereocenters. The maximum absolute atomic E-state index is 12.5. The minimum Gasteiger partial charge on any atom is -0.404 e. The molecule has 0 bridgehead atoms. The lowest BCUT2D eigenvalue weighted by Gasteiger charge is -2.13. The number of benzene rings is 1. The number of hydrogen-bond acceptors (Lipinski definition) is 7. The number of anilines is 1. The highest BCUT2D eigenvalue weighted by Gasteiger charge is 2.32. The first kappa shape index (κ1) is 21.0. The third-order valence-corrected chi connectivity index (χ3v) is 4.67. The third kappa shape index (κ3) is 5.41. The molecule has 0 radical (unpaired) electrons. The SMILES string of the molecule is O=NNC(=O)c1ccc(-c2ccn(CC(=O)Nc3ccccc3OC(F)(F)F)n2)s1. The maximum atomic E-state index is 12.5. The van der Waals surface area contributed by atoms with E-state index in [9.17, 15) is 27.7 Å². The van der Waals surface area contributed by atoms with Gasteiger partial charge < -0.3 is 10.1 Å². The summed E-state index contributed by atoms with van der Waals surface area (Å²) in [6.45, 7) is -0.270. The van der Waals surface area contributed by atoms with E-state index in [1.54, 1.807) is 17.6 Å². The number of alkyl halides is 3. The molecule has 0 saturated heterocycles. The molecule has 2 amide bonds. The Morgan fingerprint density at radius 1 is 1.17 bits per heavy atom. The van der Waals surface area contributed by atoms with Gasteiger partial charge in [-0.25, -0.2) is 5.43 Å². The number of para-hydroxylation sites is 2. The predicted octanol–water partition coefficient (Wildman–Crippen LogP) is 3.56. The van der Waals surface area contributed by atoms with Gasteiger partial charge in [0.05, 0.1) is 20.7 Å². The van der Waals surface area contributed by atoms with Crippen LogP contribution in [-0.4, -0.2) is 28.0 Å². The van der Waals surface area contributed by atoms with Crippen molar-refractivity contribution in [2.45, 2.75) is 12.9 Å². The molecule has 2 N–H and O–H groups in total. The summed E-state index contributed by atoms with van der Waals surface area (Å²) in [6, 6.07) is 9.86. The third-order valence-electron chi connectivity index (χ3n) is 3.56. The standard InChI is InChI=1S/C17H12F3N5O4S/c18-17(19,20)29-12-4-2-1-3-10(12)21-15(26)9-25-8-7-11(23-25)13-5-6-14(30-13)16(27)22-24-28/h1-8H,9H2,(H,21,26)(H,22,27,28). The minimum atomic E-state index is -4.89. The first-order chi connectivity index (χ1) is 14.2. The van der Waals surface area contributed by atoms with Crippen molar-refractivity contribution in [1.29, 1.82) is 0 Å². The fourth-order valence-corrected chi connectivity index (χ4v) is 3.26. The van der Waals surface area contributed by atoms with E-state index in [-0.39, 0.29) is 17.1 Å². The zero-order valence-electron chi connectivity index (χ0n) is 14.8. The van der Waals surface area contributed by atoms with Gasteiger partial charge >= 0.3 is 6.36 Å². The zero-order valence-corrected chi connectivity index (χ0v) is 15.7. The molecule has 0 fully saturated rings. The Kier molecular flexibility index (Phi) is 6.11. The van der Waals surface area contributed by atoms with E-state index in [1.807, 2.05) is 0 Å². The van der Waals surface area contributed by atoms with Crippen LogP contribution < -0.4 is 15.5 Å². The molecular weight excluding hydrogens is 427 g/mol. The van der Waals surface area contributed by atoms with Crippen LogP contribution in [0.4, 0.5) is 18.9 Å². The molecule has 0 saturated carbocycles. The molecule has 3 aromatic rings. The van der Waals surface area contributed by atoms with Gasteiger partial charge in [0.1, 0.15) is 12.2 Å². The van der Waals surface area contributed by atoms with Gasteiger partial charge in [-0.3, -0.25) is 14.3 Å². The predicted molar refractivity (Wildman–Crippen MR) is 101 cm³/mol. The number of ether oxygens (including phenoxy) is 1. The largest absolute Gasteiger partial charge is 0.573 e. The smallest absolute Gasteiger partial charge is 0.404 e. The summed E-state index contributed by atoms with van der Waals surface area (Å²) >= 11 is 1.07. The molecule has 30 heavy (non-hydrogen) atoms. The Balaban J connectivity index is 1.66. The number of carbonyl (C=O) groups excluding carboxylic acids is 2. The second-order valence-corrected chi connectivity index (χ2v) is 6.77. The highest BCUT2D eigenvalue weighted by molar-refractivity contribution is 7.17. The fraction of sp³-hybridized carbons (Fsp3) is 0.118. The highest BCUT2D eigenvalue weighted by Crippen LogP contribution is 2.30. The number of nitroso groups, excluding NO2 is 1. The summed E-state index contributed by atoms with van der Waals surface area (Å²) in [7, 11) is 0. The lowest BCUT2D eigenvalue weighted by molar-refractivity contribution is -0.274. The van der Waals surface area contributed by atoms with Crippen molar-refractivity contribution in [1.82, 2.24) is 15.2 Å². The van der Waals surface area contributed by atoms with Crippen molar-refractivity contribution in [2.24, 2.45) is 5.29 Å².